The molecule has 0 saturated carbocycles. The fourth-order valence-corrected chi connectivity index (χ4v) is 6.22. The normalized spacial score (nSPS) is 21.2. The maximum absolute atomic E-state index is 2.66. The minimum absolute atomic E-state index is 1.05. The highest BCUT2D eigenvalue weighted by molar-refractivity contribution is 14.1. The molecule has 0 bridgehead atoms. The lowest BCUT2D eigenvalue weighted by atomic mass is 10.2. The number of nitrogens with zero attached hydrogens (tertiary/aromatic N) is 1. The quantitative estimate of drug-likeness (QED) is 0.285. The number of rotatable bonds is 4. The Morgan fingerprint density at radius 3 is 1.62 bits per heavy atom. The van der Waals surface area contributed by atoms with E-state index in [1.165, 1.54) is 5.56 Å². The SMILES string of the molecule is C[Si](C)(C)/C(I)=C1\CN(Cc2ccccc2)C\C1=C(\I)[Si](C)(C)C. The first-order valence-corrected chi connectivity index (χ1v) is 17.7. The van der Waals surface area contributed by atoms with Gasteiger partial charge >= 0.3 is 0 Å². The number of benzene rings is 1. The van der Waals surface area contributed by atoms with Gasteiger partial charge in [0.2, 0.25) is 0 Å². The Morgan fingerprint density at radius 1 is 0.833 bits per heavy atom. The van der Waals surface area contributed by atoms with Crippen LogP contribution in [0.25, 0.3) is 0 Å². The van der Waals surface area contributed by atoms with Gasteiger partial charge in [-0.3, -0.25) is 4.90 Å². The Balaban J connectivity index is 2.41. The summed E-state index contributed by atoms with van der Waals surface area (Å²) in [6.07, 6.45) is 0. The van der Waals surface area contributed by atoms with Gasteiger partial charge in [0.15, 0.2) is 0 Å². The highest BCUT2D eigenvalue weighted by atomic mass is 127. The van der Waals surface area contributed by atoms with Crippen molar-refractivity contribution in [3.63, 3.8) is 0 Å². The van der Waals surface area contributed by atoms with Gasteiger partial charge in [-0.25, -0.2) is 0 Å². The molecule has 0 atom stereocenters. The van der Waals surface area contributed by atoms with Gasteiger partial charge in [0.25, 0.3) is 0 Å². The van der Waals surface area contributed by atoms with E-state index in [-0.39, 0.29) is 0 Å². The Hall–Kier alpha value is 0.554. The number of hydrogen-bond acceptors (Lipinski definition) is 1. The van der Waals surface area contributed by atoms with Crippen LogP contribution >= 0.6 is 45.2 Å². The third kappa shape index (κ3) is 5.28. The van der Waals surface area contributed by atoms with Crippen molar-refractivity contribution in [1.29, 1.82) is 0 Å². The van der Waals surface area contributed by atoms with Crippen molar-refractivity contribution < 1.29 is 0 Å². The van der Waals surface area contributed by atoms with Crippen molar-refractivity contribution in [3.05, 3.63) is 53.4 Å². The molecule has 1 aliphatic rings. The molecule has 1 fully saturated rings. The molecule has 0 spiro atoms. The van der Waals surface area contributed by atoms with Crippen LogP contribution in [0.1, 0.15) is 5.56 Å². The lowest BCUT2D eigenvalue weighted by molar-refractivity contribution is 0.347. The summed E-state index contributed by atoms with van der Waals surface area (Å²) in [6, 6.07) is 10.9. The minimum atomic E-state index is -1.28. The summed E-state index contributed by atoms with van der Waals surface area (Å²) in [5.74, 6) is 0. The standard InChI is InChI=1S/C19H29I2NSi2/c1-23(2,3)18(20)16-13-22(12-15-10-8-7-9-11-15)14-17(16)19(21)24(4,5)6/h7-11H,12-14H2,1-6H3/b18-16+,19-17+. The van der Waals surface area contributed by atoms with E-state index in [2.05, 4.69) is 120 Å². The van der Waals surface area contributed by atoms with Gasteiger partial charge in [-0.2, -0.15) is 0 Å². The molecular weight excluding hydrogens is 552 g/mol. The third-order valence-corrected chi connectivity index (χ3v) is 18.5. The second-order valence-corrected chi connectivity index (χ2v) is 22.9. The zero-order valence-electron chi connectivity index (χ0n) is 15.7. The predicted molar refractivity (Wildman–Crippen MR) is 131 cm³/mol. The molecular formula is C19H29I2NSi2. The Labute approximate surface area is 177 Å². The van der Waals surface area contributed by atoms with Crippen molar-refractivity contribution in [1.82, 2.24) is 4.90 Å². The summed E-state index contributed by atoms with van der Waals surface area (Å²) in [6.45, 7) is 18.1. The van der Waals surface area contributed by atoms with Gasteiger partial charge in [0, 0.05) is 19.6 Å². The molecule has 0 aliphatic carbocycles. The summed E-state index contributed by atoms with van der Waals surface area (Å²) in [4.78, 5) is 2.62. The largest absolute Gasteiger partial charge is 0.291 e. The first-order chi connectivity index (χ1) is 11.0. The van der Waals surface area contributed by atoms with Gasteiger partial charge in [0.1, 0.15) is 0 Å². The van der Waals surface area contributed by atoms with E-state index in [9.17, 15) is 0 Å². The maximum Gasteiger partial charge on any atom is 0.0859 e. The fourth-order valence-electron chi connectivity index (χ4n) is 2.96. The third-order valence-electron chi connectivity index (χ3n) is 4.22. The van der Waals surface area contributed by atoms with E-state index in [1.807, 2.05) is 0 Å². The predicted octanol–water partition coefficient (Wildman–Crippen LogP) is 6.64. The first-order valence-electron chi connectivity index (χ1n) is 8.55. The molecule has 0 aromatic heterocycles. The second-order valence-electron chi connectivity index (χ2n) is 8.72. The highest BCUT2D eigenvalue weighted by Gasteiger charge is 2.33. The van der Waals surface area contributed by atoms with E-state index in [4.69, 9.17) is 0 Å². The first kappa shape index (κ1) is 20.9. The monoisotopic (exact) mass is 581 g/mol. The molecule has 1 nitrogen and oxygen atoms in total. The van der Waals surface area contributed by atoms with E-state index >= 15 is 0 Å². The Kier molecular flexibility index (Phi) is 7.01. The van der Waals surface area contributed by atoms with E-state index in [0.717, 1.165) is 19.6 Å². The molecule has 132 valence electrons. The number of hydrogen-bond donors (Lipinski definition) is 0. The molecule has 0 amide bonds. The van der Waals surface area contributed by atoms with Crippen LogP contribution in [0.2, 0.25) is 39.3 Å². The summed E-state index contributed by atoms with van der Waals surface area (Å²) in [5.41, 5.74) is 4.72. The minimum Gasteiger partial charge on any atom is -0.291 e. The topological polar surface area (TPSA) is 3.24 Å². The van der Waals surface area contributed by atoms with Gasteiger partial charge < -0.3 is 0 Å². The van der Waals surface area contributed by atoms with Crippen LogP contribution < -0.4 is 0 Å². The molecule has 0 N–H and O–H groups in total. The fraction of sp³-hybridized carbons (Fsp3) is 0.474. The molecule has 1 aliphatic heterocycles. The molecule has 1 aromatic carbocycles. The molecule has 2 rings (SSSR count). The molecule has 1 saturated heterocycles. The Morgan fingerprint density at radius 2 is 1.25 bits per heavy atom. The van der Waals surface area contributed by atoms with E-state index in [0.29, 0.717) is 0 Å². The van der Waals surface area contributed by atoms with E-state index < -0.39 is 16.1 Å². The molecule has 1 heterocycles. The maximum atomic E-state index is 2.66. The van der Waals surface area contributed by atoms with Crippen LogP contribution in [-0.2, 0) is 6.54 Å². The van der Waals surface area contributed by atoms with Crippen LogP contribution in [0.4, 0.5) is 0 Å². The van der Waals surface area contributed by atoms with Crippen LogP contribution in [-0.4, -0.2) is 34.1 Å². The summed E-state index contributed by atoms with van der Waals surface area (Å²) < 4.78 is 3.33. The van der Waals surface area contributed by atoms with Crippen molar-refractivity contribution in [2.75, 3.05) is 13.1 Å². The van der Waals surface area contributed by atoms with Gasteiger partial charge in [0.05, 0.1) is 16.1 Å². The molecule has 0 unspecified atom stereocenters. The van der Waals surface area contributed by atoms with Crippen molar-refractivity contribution in [2.45, 2.75) is 45.8 Å². The van der Waals surface area contributed by atoms with Crippen LogP contribution in [0.5, 0.6) is 0 Å². The van der Waals surface area contributed by atoms with Crippen molar-refractivity contribution in [3.8, 4) is 0 Å². The van der Waals surface area contributed by atoms with E-state index in [1.54, 1.807) is 17.6 Å². The lowest BCUT2D eigenvalue weighted by Crippen LogP contribution is -2.25. The Bertz CT molecular complexity index is 614. The molecule has 24 heavy (non-hydrogen) atoms. The smallest absolute Gasteiger partial charge is 0.0859 e. The summed E-state index contributed by atoms with van der Waals surface area (Å²) >= 11 is 5.32. The zero-order valence-corrected chi connectivity index (χ0v) is 22.0. The van der Waals surface area contributed by atoms with Gasteiger partial charge in [-0.15, -0.1) is 0 Å². The summed E-state index contributed by atoms with van der Waals surface area (Å²) in [7, 11) is -2.55. The number of halogens is 2. The molecule has 0 radical (unpaired) electrons. The second kappa shape index (κ2) is 8.06. The average molecular weight is 581 g/mol. The lowest BCUT2D eigenvalue weighted by Gasteiger charge is -2.22. The zero-order chi connectivity index (χ0) is 18.1. The molecule has 5 heteroatoms. The van der Waals surface area contributed by atoms with Crippen molar-refractivity contribution >= 4 is 61.3 Å². The summed E-state index contributed by atoms with van der Waals surface area (Å²) in [5, 5.41) is 0. The van der Waals surface area contributed by atoms with Crippen LogP contribution in [0.3, 0.4) is 0 Å². The molecule has 1 aromatic rings. The average Bonchev–Trinajstić information content (AvgIpc) is 2.88. The van der Waals surface area contributed by atoms with Crippen LogP contribution in [0.15, 0.2) is 47.9 Å². The van der Waals surface area contributed by atoms with Gasteiger partial charge in [-0.1, -0.05) is 115 Å². The van der Waals surface area contributed by atoms with Crippen molar-refractivity contribution in [2.24, 2.45) is 0 Å². The van der Waals surface area contributed by atoms with Gasteiger partial charge in [-0.05, 0) is 23.1 Å². The van der Waals surface area contributed by atoms with Crippen LogP contribution in [0, 0.1) is 0 Å². The highest BCUT2D eigenvalue weighted by Crippen LogP contribution is 2.39. The number of likely N-dealkylation sites (tertiary alicyclic amines) is 1.